The Labute approximate surface area is 218 Å². The third-order valence-corrected chi connectivity index (χ3v) is 6.34. The number of pyridine rings is 1. The summed E-state index contributed by atoms with van der Waals surface area (Å²) >= 11 is 12.2. The van der Waals surface area contributed by atoms with Gasteiger partial charge in [0, 0.05) is 45.5 Å². The number of fused-ring (bicyclic) bond motifs is 1. The summed E-state index contributed by atoms with van der Waals surface area (Å²) in [5, 5.41) is 0.566. The van der Waals surface area contributed by atoms with Crippen molar-refractivity contribution < 1.29 is 27.1 Å². The van der Waals surface area contributed by atoms with E-state index >= 15 is 0 Å². The van der Waals surface area contributed by atoms with Crippen LogP contribution in [0.4, 0.5) is 13.2 Å². The normalized spacial score (nSPS) is 11.7. The number of carbonyl (C=O) groups excluding carboxylic acids is 1. The molecule has 11 heteroatoms. The number of alkyl halides is 3. The third-order valence-electron chi connectivity index (χ3n) is 5.76. The number of nitrogens with zero attached hydrogens (tertiary/aromatic N) is 3. The van der Waals surface area contributed by atoms with Crippen LogP contribution in [0, 0.1) is 0 Å². The van der Waals surface area contributed by atoms with Gasteiger partial charge in [-0.3, -0.25) is 9.78 Å². The average Bonchev–Trinajstić information content (AvgIpc) is 3.49. The predicted molar refractivity (Wildman–Crippen MR) is 132 cm³/mol. The van der Waals surface area contributed by atoms with Gasteiger partial charge in [0.15, 0.2) is 5.76 Å². The maximum Gasteiger partial charge on any atom is 0.432 e. The summed E-state index contributed by atoms with van der Waals surface area (Å²) in [5.74, 6) is -1.04. The lowest BCUT2D eigenvalue weighted by molar-refractivity contribution is -0.143. The van der Waals surface area contributed by atoms with Gasteiger partial charge in [0.05, 0.1) is 18.9 Å². The van der Waals surface area contributed by atoms with E-state index < -0.39 is 29.1 Å². The van der Waals surface area contributed by atoms with Crippen molar-refractivity contribution in [3.05, 3.63) is 99.9 Å². The quantitative estimate of drug-likeness (QED) is 0.209. The van der Waals surface area contributed by atoms with Crippen molar-refractivity contribution in [2.45, 2.75) is 12.7 Å². The molecule has 5 aromatic rings. The van der Waals surface area contributed by atoms with E-state index in [0.717, 1.165) is 4.57 Å². The molecule has 0 aliphatic heterocycles. The largest absolute Gasteiger partial charge is 0.497 e. The van der Waals surface area contributed by atoms with Crippen LogP contribution in [-0.4, -0.2) is 27.4 Å². The zero-order valence-electron chi connectivity index (χ0n) is 19.0. The molecule has 37 heavy (non-hydrogen) atoms. The Morgan fingerprint density at radius 1 is 1.11 bits per heavy atom. The predicted octanol–water partition coefficient (Wildman–Crippen LogP) is 7.30. The van der Waals surface area contributed by atoms with Crippen molar-refractivity contribution in [3.8, 4) is 17.1 Å². The first-order chi connectivity index (χ1) is 17.7. The minimum atomic E-state index is -4.91. The third kappa shape index (κ3) is 4.68. The number of hydrogen-bond acceptors (Lipinski definition) is 5. The molecule has 0 atom stereocenters. The standard InChI is InChI=1S/C26H16Cl2F3N3O3/c1-36-17-6-7-20-18(10-17)22(23(35)25-33-12-21(37-25)14-3-2-8-32-11-14)24(26(29,30)31)34(20)13-15-4-5-16(27)9-19(15)28/h2-12H,13H2,1H3. The molecule has 5 rings (SSSR count). The van der Waals surface area contributed by atoms with E-state index in [1.165, 1.54) is 55.9 Å². The Bertz CT molecular complexity index is 1630. The summed E-state index contributed by atoms with van der Waals surface area (Å²) in [6.07, 6.45) is -0.598. The molecule has 0 saturated carbocycles. The topological polar surface area (TPSA) is 70.2 Å². The molecule has 0 radical (unpaired) electrons. The van der Waals surface area contributed by atoms with Gasteiger partial charge in [-0.25, -0.2) is 4.98 Å². The summed E-state index contributed by atoms with van der Waals surface area (Å²) in [7, 11) is 1.38. The Hall–Kier alpha value is -3.82. The number of hydrogen-bond donors (Lipinski definition) is 0. The SMILES string of the molecule is COc1ccc2c(c1)c(C(=O)c1ncc(-c3cccnc3)o1)c(C(F)(F)F)n2Cc1ccc(Cl)cc1Cl. The van der Waals surface area contributed by atoms with Gasteiger partial charge in [-0.05, 0) is 48.0 Å². The van der Waals surface area contributed by atoms with E-state index in [2.05, 4.69) is 9.97 Å². The second-order valence-corrected chi connectivity index (χ2v) is 8.87. The van der Waals surface area contributed by atoms with Crippen LogP contribution in [0.1, 0.15) is 27.5 Å². The van der Waals surface area contributed by atoms with Gasteiger partial charge in [-0.15, -0.1) is 0 Å². The Morgan fingerprint density at radius 2 is 1.92 bits per heavy atom. The van der Waals surface area contributed by atoms with Crippen LogP contribution in [0.25, 0.3) is 22.2 Å². The molecule has 3 aromatic heterocycles. The molecule has 0 fully saturated rings. The van der Waals surface area contributed by atoms with Crippen molar-refractivity contribution in [2.75, 3.05) is 7.11 Å². The fourth-order valence-electron chi connectivity index (χ4n) is 4.10. The summed E-state index contributed by atoms with van der Waals surface area (Å²) in [6, 6.07) is 12.2. The Balaban J connectivity index is 1.73. The van der Waals surface area contributed by atoms with Crippen LogP contribution in [0.3, 0.4) is 0 Å². The van der Waals surface area contributed by atoms with E-state index in [1.54, 1.807) is 18.3 Å². The van der Waals surface area contributed by atoms with Gasteiger partial charge in [-0.1, -0.05) is 29.3 Å². The molecule has 0 N–H and O–H groups in total. The first-order valence-electron chi connectivity index (χ1n) is 10.8. The summed E-state index contributed by atoms with van der Waals surface area (Å²) in [4.78, 5) is 21.5. The molecule has 2 aromatic carbocycles. The number of benzene rings is 2. The van der Waals surface area contributed by atoms with Gasteiger partial charge >= 0.3 is 6.18 Å². The number of halogens is 5. The van der Waals surface area contributed by atoms with Crippen molar-refractivity contribution in [1.82, 2.24) is 14.5 Å². The lowest BCUT2D eigenvalue weighted by Gasteiger charge is -2.15. The van der Waals surface area contributed by atoms with Gasteiger partial charge in [-0.2, -0.15) is 13.2 Å². The number of ketones is 1. The van der Waals surface area contributed by atoms with Crippen LogP contribution in [-0.2, 0) is 12.7 Å². The van der Waals surface area contributed by atoms with Crippen molar-refractivity contribution in [3.63, 3.8) is 0 Å². The van der Waals surface area contributed by atoms with Crippen LogP contribution in [0.15, 0.2) is 71.5 Å². The molecular weight excluding hydrogens is 530 g/mol. The smallest absolute Gasteiger partial charge is 0.432 e. The minimum Gasteiger partial charge on any atom is -0.497 e. The fraction of sp³-hybridized carbons (Fsp3) is 0.115. The molecule has 188 valence electrons. The molecule has 0 unspecified atom stereocenters. The zero-order valence-corrected chi connectivity index (χ0v) is 20.5. The van der Waals surface area contributed by atoms with E-state index in [-0.39, 0.29) is 34.0 Å². The van der Waals surface area contributed by atoms with Crippen LogP contribution >= 0.6 is 23.2 Å². The average molecular weight is 546 g/mol. The molecular formula is C26H16Cl2F3N3O3. The second-order valence-electron chi connectivity index (χ2n) is 8.03. The van der Waals surface area contributed by atoms with E-state index in [9.17, 15) is 18.0 Å². The highest BCUT2D eigenvalue weighted by atomic mass is 35.5. The number of rotatable bonds is 6. The lowest BCUT2D eigenvalue weighted by atomic mass is 10.1. The lowest BCUT2D eigenvalue weighted by Crippen LogP contribution is -2.19. The van der Waals surface area contributed by atoms with Gasteiger partial charge < -0.3 is 13.7 Å². The van der Waals surface area contributed by atoms with Crippen molar-refractivity contribution in [2.24, 2.45) is 0 Å². The fourth-order valence-corrected chi connectivity index (χ4v) is 4.57. The second kappa shape index (κ2) is 9.57. The molecule has 0 spiro atoms. The maximum absolute atomic E-state index is 14.6. The van der Waals surface area contributed by atoms with Gasteiger partial charge in [0.25, 0.3) is 11.7 Å². The Morgan fingerprint density at radius 3 is 2.59 bits per heavy atom. The van der Waals surface area contributed by atoms with Crippen LogP contribution in [0.2, 0.25) is 10.0 Å². The van der Waals surface area contributed by atoms with E-state index in [0.29, 0.717) is 16.1 Å². The summed E-state index contributed by atoms with van der Waals surface area (Å²) in [6.45, 7) is -0.270. The van der Waals surface area contributed by atoms with E-state index in [1.807, 2.05) is 0 Å². The molecule has 6 nitrogen and oxygen atoms in total. The maximum atomic E-state index is 14.6. The van der Waals surface area contributed by atoms with E-state index in [4.69, 9.17) is 32.4 Å². The Kier molecular flexibility index (Phi) is 6.43. The number of aromatic nitrogens is 3. The highest BCUT2D eigenvalue weighted by Gasteiger charge is 2.42. The van der Waals surface area contributed by atoms with Gasteiger partial charge in [0.1, 0.15) is 11.4 Å². The molecule has 0 aliphatic rings. The molecule has 3 heterocycles. The minimum absolute atomic E-state index is 0.0305. The molecule has 0 aliphatic carbocycles. The highest BCUT2D eigenvalue weighted by molar-refractivity contribution is 6.35. The number of methoxy groups -OCH3 is 1. The first-order valence-corrected chi connectivity index (χ1v) is 11.5. The number of oxazole rings is 1. The van der Waals surface area contributed by atoms with Crippen molar-refractivity contribution >= 4 is 39.9 Å². The van der Waals surface area contributed by atoms with Gasteiger partial charge in [0.2, 0.25) is 0 Å². The van der Waals surface area contributed by atoms with Crippen LogP contribution < -0.4 is 4.74 Å². The molecule has 0 amide bonds. The molecule has 0 bridgehead atoms. The summed E-state index contributed by atoms with van der Waals surface area (Å²) < 4.78 is 55.7. The monoisotopic (exact) mass is 545 g/mol. The molecule has 0 saturated heterocycles. The van der Waals surface area contributed by atoms with Crippen LogP contribution in [0.5, 0.6) is 5.75 Å². The number of ether oxygens (including phenoxy) is 1. The highest BCUT2D eigenvalue weighted by Crippen LogP contribution is 2.41. The first kappa shape index (κ1) is 24.9. The number of carbonyl (C=O) groups is 1. The zero-order chi connectivity index (χ0) is 26.3. The van der Waals surface area contributed by atoms with Crippen molar-refractivity contribution in [1.29, 1.82) is 0 Å². The summed E-state index contributed by atoms with van der Waals surface area (Å²) in [5.41, 5.74) is -0.703.